The molecule has 0 aromatic rings. The summed E-state index contributed by atoms with van der Waals surface area (Å²) in [7, 11) is 4.03. The fourth-order valence-corrected chi connectivity index (χ4v) is 3.39. The summed E-state index contributed by atoms with van der Waals surface area (Å²) in [5.74, 6) is 1.01. The van der Waals surface area contributed by atoms with Crippen molar-refractivity contribution in [3.63, 3.8) is 0 Å². The summed E-state index contributed by atoms with van der Waals surface area (Å²) in [4.78, 5) is 16.7. The molecule has 6 heteroatoms. The van der Waals surface area contributed by atoms with E-state index in [0.717, 1.165) is 71.6 Å². The summed E-state index contributed by atoms with van der Waals surface area (Å²) in [6, 6.07) is 0. The van der Waals surface area contributed by atoms with Gasteiger partial charge in [0.2, 0.25) is 5.91 Å². The zero-order chi connectivity index (χ0) is 23.3. The zero-order valence-electron chi connectivity index (χ0n) is 21.6. The highest BCUT2D eigenvalue weighted by Crippen LogP contribution is 2.18. The van der Waals surface area contributed by atoms with Gasteiger partial charge in [-0.3, -0.25) is 4.79 Å². The van der Waals surface area contributed by atoms with Crippen LogP contribution in [0.1, 0.15) is 72.6 Å². The number of hydrogen-bond acceptors (Lipinski definition) is 5. The molecule has 0 aliphatic heterocycles. The Balaban J connectivity index is 3.64. The average molecular weight is 444 g/mol. The van der Waals surface area contributed by atoms with E-state index in [1.165, 1.54) is 19.3 Å². The molecule has 0 aromatic carbocycles. The second kappa shape index (κ2) is 21.2. The third-order valence-electron chi connectivity index (χ3n) is 5.99. The average Bonchev–Trinajstić information content (AvgIpc) is 2.77. The molecule has 0 bridgehead atoms. The standard InChI is InChI=1S/C25H53N3O3/c1-7-9-10-15-26-16-17-28(6)25(29)24(4)14-13-23(3)12-11-19-30-21-22-31-20-18-27(5)8-2/h23-24,26H,7-22H2,1-6H3. The molecule has 0 saturated heterocycles. The number of likely N-dealkylation sites (N-methyl/N-ethyl adjacent to an activating group) is 2. The number of nitrogens with one attached hydrogen (secondary N) is 1. The Morgan fingerprint density at radius 3 is 2.23 bits per heavy atom. The van der Waals surface area contributed by atoms with E-state index in [1.54, 1.807) is 0 Å². The number of rotatable bonds is 22. The van der Waals surface area contributed by atoms with Gasteiger partial charge in [-0.1, -0.05) is 40.5 Å². The molecule has 31 heavy (non-hydrogen) atoms. The Morgan fingerprint density at radius 1 is 0.839 bits per heavy atom. The summed E-state index contributed by atoms with van der Waals surface area (Å²) in [5.41, 5.74) is 0. The van der Waals surface area contributed by atoms with E-state index >= 15 is 0 Å². The monoisotopic (exact) mass is 443 g/mol. The quantitative estimate of drug-likeness (QED) is 0.256. The summed E-state index contributed by atoms with van der Waals surface area (Å²) in [5, 5.41) is 3.43. The molecule has 0 spiro atoms. The highest BCUT2D eigenvalue weighted by atomic mass is 16.5. The van der Waals surface area contributed by atoms with Crippen LogP contribution in [0.5, 0.6) is 0 Å². The maximum absolute atomic E-state index is 12.5. The van der Waals surface area contributed by atoms with Crippen LogP contribution >= 0.6 is 0 Å². The van der Waals surface area contributed by atoms with Gasteiger partial charge in [0.1, 0.15) is 0 Å². The van der Waals surface area contributed by atoms with E-state index in [4.69, 9.17) is 9.47 Å². The Bertz CT molecular complexity index is 409. The van der Waals surface area contributed by atoms with Gasteiger partial charge in [0.05, 0.1) is 19.8 Å². The van der Waals surface area contributed by atoms with Crippen molar-refractivity contribution >= 4 is 5.91 Å². The molecule has 0 rings (SSSR count). The van der Waals surface area contributed by atoms with E-state index < -0.39 is 0 Å². The molecule has 0 fully saturated rings. The molecule has 2 unspecified atom stereocenters. The van der Waals surface area contributed by atoms with Gasteiger partial charge in [-0.2, -0.15) is 0 Å². The lowest BCUT2D eigenvalue weighted by atomic mass is 9.94. The molecule has 0 aliphatic rings. The van der Waals surface area contributed by atoms with E-state index in [-0.39, 0.29) is 11.8 Å². The summed E-state index contributed by atoms with van der Waals surface area (Å²) in [6.45, 7) is 16.4. The predicted molar refractivity (Wildman–Crippen MR) is 132 cm³/mol. The molecular weight excluding hydrogens is 390 g/mol. The van der Waals surface area contributed by atoms with Gasteiger partial charge in [0.15, 0.2) is 0 Å². The van der Waals surface area contributed by atoms with Gasteiger partial charge in [-0.05, 0) is 58.2 Å². The maximum atomic E-state index is 12.5. The number of carbonyl (C=O) groups is 1. The third-order valence-corrected chi connectivity index (χ3v) is 5.99. The molecule has 0 aliphatic carbocycles. The summed E-state index contributed by atoms with van der Waals surface area (Å²) in [6.07, 6.45) is 8.04. The molecule has 0 saturated carbocycles. The van der Waals surface area contributed by atoms with Gasteiger partial charge in [-0.25, -0.2) is 0 Å². The normalized spacial score (nSPS) is 13.5. The van der Waals surface area contributed by atoms with Crippen LogP contribution in [0.15, 0.2) is 0 Å². The minimum atomic E-state index is 0.104. The largest absolute Gasteiger partial charge is 0.379 e. The van der Waals surface area contributed by atoms with Crippen molar-refractivity contribution < 1.29 is 14.3 Å². The Labute approximate surface area is 193 Å². The molecular formula is C25H53N3O3. The van der Waals surface area contributed by atoms with Crippen LogP contribution in [0, 0.1) is 11.8 Å². The number of unbranched alkanes of at least 4 members (excludes halogenated alkanes) is 2. The highest BCUT2D eigenvalue weighted by Gasteiger charge is 2.18. The van der Waals surface area contributed by atoms with E-state index in [2.05, 4.69) is 45.0 Å². The Hall–Kier alpha value is -0.690. The minimum absolute atomic E-state index is 0.104. The van der Waals surface area contributed by atoms with E-state index in [1.807, 2.05) is 11.9 Å². The molecule has 0 radical (unpaired) electrons. The highest BCUT2D eigenvalue weighted by molar-refractivity contribution is 5.78. The van der Waals surface area contributed by atoms with Crippen LogP contribution in [0.4, 0.5) is 0 Å². The Kier molecular flexibility index (Phi) is 20.7. The maximum Gasteiger partial charge on any atom is 0.225 e. The van der Waals surface area contributed by atoms with Gasteiger partial charge < -0.3 is 24.6 Å². The first kappa shape index (κ1) is 30.3. The van der Waals surface area contributed by atoms with Crippen LogP contribution in [0.2, 0.25) is 0 Å². The predicted octanol–water partition coefficient (Wildman–Crippen LogP) is 4.04. The van der Waals surface area contributed by atoms with Gasteiger partial charge >= 0.3 is 0 Å². The van der Waals surface area contributed by atoms with Crippen LogP contribution < -0.4 is 5.32 Å². The molecule has 0 aromatic heterocycles. The van der Waals surface area contributed by atoms with Crippen LogP contribution in [0.3, 0.4) is 0 Å². The number of hydrogen-bond donors (Lipinski definition) is 1. The molecule has 6 nitrogen and oxygen atoms in total. The lowest BCUT2D eigenvalue weighted by molar-refractivity contribution is -0.133. The zero-order valence-corrected chi connectivity index (χ0v) is 21.6. The number of nitrogens with zero attached hydrogens (tertiary/aromatic N) is 2. The van der Waals surface area contributed by atoms with Crippen molar-refractivity contribution in [2.75, 3.05) is 73.2 Å². The van der Waals surface area contributed by atoms with Gasteiger partial charge in [0.25, 0.3) is 0 Å². The van der Waals surface area contributed by atoms with Crippen molar-refractivity contribution in [2.24, 2.45) is 11.8 Å². The third kappa shape index (κ3) is 18.6. The van der Waals surface area contributed by atoms with Crippen molar-refractivity contribution in [1.82, 2.24) is 15.1 Å². The number of ether oxygens (including phenoxy) is 2. The van der Waals surface area contributed by atoms with Crippen LogP contribution in [-0.2, 0) is 14.3 Å². The van der Waals surface area contributed by atoms with Crippen LogP contribution in [0.25, 0.3) is 0 Å². The summed E-state index contributed by atoms with van der Waals surface area (Å²) >= 11 is 0. The van der Waals surface area contributed by atoms with Crippen molar-refractivity contribution in [3.05, 3.63) is 0 Å². The van der Waals surface area contributed by atoms with Gasteiger partial charge in [0, 0.05) is 39.2 Å². The first-order chi connectivity index (χ1) is 14.9. The second-order valence-electron chi connectivity index (χ2n) is 9.06. The first-order valence-electron chi connectivity index (χ1n) is 12.7. The van der Waals surface area contributed by atoms with Crippen molar-refractivity contribution in [3.8, 4) is 0 Å². The Morgan fingerprint density at radius 2 is 1.55 bits per heavy atom. The fourth-order valence-electron chi connectivity index (χ4n) is 3.39. The molecule has 2 atom stereocenters. The first-order valence-corrected chi connectivity index (χ1v) is 12.7. The SMILES string of the molecule is CCCCCNCCN(C)C(=O)C(C)CCC(C)CCCOCCOCCN(C)CC. The van der Waals surface area contributed by atoms with Crippen molar-refractivity contribution in [2.45, 2.75) is 72.6 Å². The molecule has 1 amide bonds. The minimum Gasteiger partial charge on any atom is -0.379 e. The van der Waals surface area contributed by atoms with Crippen molar-refractivity contribution in [1.29, 1.82) is 0 Å². The second-order valence-corrected chi connectivity index (χ2v) is 9.06. The molecule has 186 valence electrons. The lowest BCUT2D eigenvalue weighted by Crippen LogP contribution is -2.37. The molecule has 0 heterocycles. The lowest BCUT2D eigenvalue weighted by Gasteiger charge is -2.22. The fraction of sp³-hybridized carbons (Fsp3) is 0.960. The van der Waals surface area contributed by atoms with Crippen LogP contribution in [-0.4, -0.2) is 89.0 Å². The smallest absolute Gasteiger partial charge is 0.225 e. The van der Waals surface area contributed by atoms with E-state index in [0.29, 0.717) is 19.1 Å². The van der Waals surface area contributed by atoms with E-state index in [9.17, 15) is 4.79 Å². The molecule has 1 N–H and O–H groups in total. The number of amides is 1. The van der Waals surface area contributed by atoms with Gasteiger partial charge in [-0.15, -0.1) is 0 Å². The topological polar surface area (TPSA) is 54.0 Å². The number of carbonyl (C=O) groups excluding carboxylic acids is 1. The summed E-state index contributed by atoms with van der Waals surface area (Å²) < 4.78 is 11.3.